The molecule has 3 aromatic heterocycles. The minimum Gasteiger partial charge on any atom is -0.456 e. The summed E-state index contributed by atoms with van der Waals surface area (Å²) in [7, 11) is 0. The van der Waals surface area contributed by atoms with Crippen molar-refractivity contribution in [1.82, 2.24) is 4.98 Å². The number of nitrogens with two attached hydrogens (primary N) is 1. The molecule has 11 rings (SSSR count). The lowest BCUT2D eigenvalue weighted by molar-refractivity contribution is 0.668. The summed E-state index contributed by atoms with van der Waals surface area (Å²) in [6.45, 7) is 6.13. The first-order chi connectivity index (χ1) is 29.2. The van der Waals surface area contributed by atoms with E-state index < -0.39 is 0 Å². The van der Waals surface area contributed by atoms with Crippen LogP contribution in [0.15, 0.2) is 180 Å². The number of hydrogen-bond donors (Lipinski definition) is 3. The van der Waals surface area contributed by atoms with E-state index in [-0.39, 0.29) is 5.92 Å². The summed E-state index contributed by atoms with van der Waals surface area (Å²) < 4.78 is 7.52. The number of nitrogen functional groups attached to an aromatic ring is 1. The zero-order chi connectivity index (χ0) is 40.6. The number of nitrogens with one attached hydrogen (secondary N) is 2. The minimum absolute atomic E-state index is 0.0233. The number of thiophene rings is 1. The topological polar surface area (TPSA) is 67.0 Å². The first kappa shape index (κ1) is 39.2. The van der Waals surface area contributed by atoms with E-state index >= 15 is 0 Å². The van der Waals surface area contributed by atoms with Crippen LogP contribution in [0.2, 0.25) is 0 Å². The molecular formula is C54H49N3OS. The molecule has 1 unspecified atom stereocenters. The second-order valence-electron chi connectivity index (χ2n) is 14.4. The highest BCUT2D eigenvalue weighted by Gasteiger charge is 2.27. The van der Waals surface area contributed by atoms with Gasteiger partial charge in [0.15, 0.2) is 0 Å². The van der Waals surface area contributed by atoms with Crippen molar-refractivity contribution in [3.05, 3.63) is 208 Å². The third-order valence-electron chi connectivity index (χ3n) is 10.7. The smallest absolute Gasteiger partial charge is 0.135 e. The SMILES string of the molecule is C1=c2[nH]c3ccccc3c2=CCC1.CC.Cc1ccc2oc3cccc(C(c4ccccc4)c4sc5ccc(-c6ccccc6)cc5c4NN)c3c2c1.c1ccccc1. The molecule has 59 heavy (non-hydrogen) atoms. The lowest BCUT2D eigenvalue weighted by Gasteiger charge is -2.20. The molecule has 292 valence electrons. The molecule has 1 aliphatic carbocycles. The van der Waals surface area contributed by atoms with Crippen molar-refractivity contribution in [3.8, 4) is 11.1 Å². The van der Waals surface area contributed by atoms with Gasteiger partial charge in [-0.15, -0.1) is 11.3 Å². The van der Waals surface area contributed by atoms with Crippen molar-refractivity contribution in [2.75, 3.05) is 5.43 Å². The summed E-state index contributed by atoms with van der Waals surface area (Å²) in [5, 5.41) is 7.48. The van der Waals surface area contributed by atoms with Crippen molar-refractivity contribution >= 4 is 72.1 Å². The molecular weight excluding hydrogens is 739 g/mol. The van der Waals surface area contributed by atoms with Crippen LogP contribution < -0.4 is 21.8 Å². The second kappa shape index (κ2) is 18.3. The Balaban J connectivity index is 0.000000187. The Bertz CT molecular complexity index is 3040. The fourth-order valence-corrected chi connectivity index (χ4v) is 9.31. The van der Waals surface area contributed by atoms with Gasteiger partial charge in [-0.1, -0.05) is 171 Å². The van der Waals surface area contributed by atoms with Gasteiger partial charge in [0.1, 0.15) is 11.2 Å². The van der Waals surface area contributed by atoms with Crippen LogP contribution in [0.5, 0.6) is 0 Å². The molecule has 0 bridgehead atoms. The van der Waals surface area contributed by atoms with Crippen LogP contribution in [0.25, 0.3) is 66.2 Å². The van der Waals surface area contributed by atoms with E-state index in [9.17, 15) is 0 Å². The summed E-state index contributed by atoms with van der Waals surface area (Å²) in [6.07, 6.45) is 6.96. The molecule has 3 heterocycles. The van der Waals surface area contributed by atoms with Crippen LogP contribution in [-0.2, 0) is 0 Å². The largest absolute Gasteiger partial charge is 0.456 e. The van der Waals surface area contributed by atoms with E-state index in [1.165, 1.54) is 71.7 Å². The van der Waals surface area contributed by atoms with Crippen molar-refractivity contribution < 1.29 is 4.42 Å². The molecule has 1 atom stereocenters. The molecule has 0 saturated heterocycles. The van der Waals surface area contributed by atoms with Crippen LogP contribution in [0.3, 0.4) is 0 Å². The van der Waals surface area contributed by atoms with Gasteiger partial charge >= 0.3 is 0 Å². The predicted octanol–water partition coefficient (Wildman–Crippen LogP) is 13.5. The maximum absolute atomic E-state index is 6.31. The Hall–Kier alpha value is -6.66. The fourth-order valence-electron chi connectivity index (χ4n) is 8.01. The zero-order valence-corrected chi connectivity index (χ0v) is 34.6. The van der Waals surface area contributed by atoms with E-state index in [1.54, 1.807) is 11.3 Å². The average Bonchev–Trinajstić information content (AvgIpc) is 4.00. The van der Waals surface area contributed by atoms with Crippen LogP contribution in [0, 0.1) is 6.92 Å². The molecule has 7 aromatic carbocycles. The van der Waals surface area contributed by atoms with Crippen molar-refractivity contribution in [2.24, 2.45) is 5.84 Å². The number of hydrogen-bond acceptors (Lipinski definition) is 4. The lowest BCUT2D eigenvalue weighted by atomic mass is 9.86. The van der Waals surface area contributed by atoms with Crippen molar-refractivity contribution in [3.63, 3.8) is 0 Å². The number of H-pyrrole nitrogens is 1. The highest BCUT2D eigenvalue weighted by atomic mass is 32.1. The van der Waals surface area contributed by atoms with Crippen LogP contribution in [0.1, 0.15) is 54.2 Å². The Morgan fingerprint density at radius 1 is 0.610 bits per heavy atom. The number of aryl methyl sites for hydroxylation is 1. The van der Waals surface area contributed by atoms with Gasteiger partial charge in [0.2, 0.25) is 0 Å². The lowest BCUT2D eigenvalue weighted by Crippen LogP contribution is -2.24. The zero-order valence-electron chi connectivity index (χ0n) is 33.8. The number of hydrazine groups is 1. The van der Waals surface area contributed by atoms with Gasteiger partial charge in [-0.3, -0.25) is 5.84 Å². The molecule has 0 amide bonds. The number of furan rings is 1. The molecule has 1 aliphatic rings. The molecule has 0 saturated carbocycles. The Morgan fingerprint density at radius 2 is 1.29 bits per heavy atom. The molecule has 0 aliphatic heterocycles. The van der Waals surface area contributed by atoms with Crippen LogP contribution in [0.4, 0.5) is 5.69 Å². The summed E-state index contributed by atoms with van der Waals surface area (Å²) >= 11 is 1.80. The number of aromatic amines is 1. The average molecular weight is 788 g/mol. The molecule has 4 nitrogen and oxygen atoms in total. The fraction of sp³-hybridized carbons (Fsp3) is 0.111. The molecule has 0 fully saturated rings. The molecule has 10 aromatic rings. The van der Waals surface area contributed by atoms with E-state index in [0.29, 0.717) is 0 Å². The minimum atomic E-state index is -0.0233. The maximum atomic E-state index is 6.31. The van der Waals surface area contributed by atoms with Gasteiger partial charge in [0.05, 0.1) is 5.69 Å². The van der Waals surface area contributed by atoms with E-state index in [2.05, 4.69) is 163 Å². The monoisotopic (exact) mass is 787 g/mol. The van der Waals surface area contributed by atoms with Gasteiger partial charge in [-0.25, -0.2) is 0 Å². The summed E-state index contributed by atoms with van der Waals surface area (Å²) in [4.78, 5) is 4.62. The van der Waals surface area contributed by atoms with Gasteiger partial charge in [-0.05, 0) is 78.4 Å². The van der Waals surface area contributed by atoms with E-state index in [4.69, 9.17) is 10.3 Å². The number of aromatic nitrogens is 1. The number of anilines is 1. The Kier molecular flexibility index (Phi) is 12.1. The number of benzene rings is 7. The molecule has 0 spiro atoms. The summed E-state index contributed by atoms with van der Waals surface area (Å²) in [5.41, 5.74) is 13.1. The highest BCUT2D eigenvalue weighted by Crippen LogP contribution is 2.48. The number of rotatable bonds is 5. The second-order valence-corrected chi connectivity index (χ2v) is 15.5. The van der Waals surface area contributed by atoms with Crippen molar-refractivity contribution in [2.45, 2.75) is 39.5 Å². The molecule has 4 N–H and O–H groups in total. The summed E-state index contributed by atoms with van der Waals surface area (Å²) in [6, 6.07) is 61.1. The number of fused-ring (bicyclic) bond motifs is 7. The van der Waals surface area contributed by atoms with Gasteiger partial charge in [0.25, 0.3) is 0 Å². The van der Waals surface area contributed by atoms with Gasteiger partial charge < -0.3 is 14.8 Å². The Morgan fingerprint density at radius 3 is 2.03 bits per heavy atom. The third kappa shape index (κ3) is 8.22. The van der Waals surface area contributed by atoms with E-state index in [0.717, 1.165) is 33.0 Å². The molecule has 5 heteroatoms. The first-order valence-electron chi connectivity index (χ1n) is 20.5. The normalized spacial score (nSPS) is 12.1. The molecule has 0 radical (unpaired) electrons. The maximum Gasteiger partial charge on any atom is 0.135 e. The quantitative estimate of drug-likeness (QED) is 0.120. The van der Waals surface area contributed by atoms with Gasteiger partial charge in [-0.2, -0.15) is 0 Å². The standard InChI is InChI=1S/C34H26N2OS.C12H11N.C6H6.C2H6/c1-21-15-17-28-26(19-21)32-25(13-8-14-29(32)37-28)31(23-11-6-3-7-12-23)34-33(36-35)27-20-24(16-18-30(27)38-34)22-9-4-2-5-10-22;1-3-7-11-9(5-1)10-6-2-4-8-12(10)13-11;1-2-4-6-5-3-1;1-2/h2-20,31,36H,35H2,1H3;1,3,5-8,13H,2,4H2;1-6H;1-2H3. The predicted molar refractivity (Wildman–Crippen MR) is 254 cm³/mol. The van der Waals surface area contributed by atoms with E-state index in [1.807, 2.05) is 56.3 Å². The number of para-hydroxylation sites is 1. The van der Waals surface area contributed by atoms with Crippen LogP contribution in [-0.4, -0.2) is 4.98 Å². The van der Waals surface area contributed by atoms with Gasteiger partial charge in [0, 0.05) is 53.1 Å². The Labute approximate surface area is 349 Å². The summed E-state index contributed by atoms with van der Waals surface area (Å²) in [5.74, 6) is 6.26. The van der Waals surface area contributed by atoms with Crippen molar-refractivity contribution in [1.29, 1.82) is 0 Å². The third-order valence-corrected chi connectivity index (χ3v) is 11.9. The van der Waals surface area contributed by atoms with Crippen LogP contribution >= 0.6 is 11.3 Å². The highest BCUT2D eigenvalue weighted by molar-refractivity contribution is 7.20. The first-order valence-corrected chi connectivity index (χ1v) is 21.3.